The SMILES string of the molecule is Cc1cccn2cc(COc3ccccc3C(=O)NCCNc3nc4ccccc4s3)nc12. The van der Waals surface area contributed by atoms with Crippen LogP contribution in [-0.2, 0) is 6.61 Å². The van der Waals surface area contributed by atoms with Crippen LogP contribution in [0, 0.1) is 6.92 Å². The topological polar surface area (TPSA) is 80.5 Å². The second kappa shape index (κ2) is 9.30. The highest BCUT2D eigenvalue weighted by Gasteiger charge is 2.13. The van der Waals surface area contributed by atoms with Crippen LogP contribution in [0.3, 0.4) is 0 Å². The molecule has 8 heteroatoms. The second-order valence-corrected chi connectivity index (χ2v) is 8.64. The van der Waals surface area contributed by atoms with E-state index in [0.717, 1.165) is 32.3 Å². The molecular formula is C25H23N5O2S. The molecule has 1 amide bonds. The summed E-state index contributed by atoms with van der Waals surface area (Å²) >= 11 is 1.60. The number of hydrogen-bond acceptors (Lipinski definition) is 6. The van der Waals surface area contributed by atoms with Crippen LogP contribution in [-0.4, -0.2) is 33.4 Å². The van der Waals surface area contributed by atoms with Crippen LogP contribution >= 0.6 is 11.3 Å². The Morgan fingerprint density at radius 3 is 2.76 bits per heavy atom. The van der Waals surface area contributed by atoms with Gasteiger partial charge in [0.15, 0.2) is 5.13 Å². The van der Waals surface area contributed by atoms with Crippen LogP contribution in [0.4, 0.5) is 5.13 Å². The van der Waals surface area contributed by atoms with Gasteiger partial charge in [0.25, 0.3) is 5.91 Å². The van der Waals surface area contributed by atoms with Crippen LogP contribution in [0.15, 0.2) is 73.1 Å². The van der Waals surface area contributed by atoms with Gasteiger partial charge in [0, 0.05) is 25.5 Å². The molecule has 0 bridgehead atoms. The Morgan fingerprint density at radius 1 is 1.03 bits per heavy atom. The van der Waals surface area contributed by atoms with Gasteiger partial charge in [-0.2, -0.15) is 0 Å². The van der Waals surface area contributed by atoms with Crippen molar-refractivity contribution in [3.8, 4) is 5.75 Å². The summed E-state index contributed by atoms with van der Waals surface area (Å²) in [6.07, 6.45) is 3.90. The standard InChI is InChI=1S/C25H23N5O2S/c1-17-7-6-14-30-15-18(28-23(17)30)16-32-21-10-4-2-8-19(21)24(31)26-12-13-27-25-29-20-9-3-5-11-22(20)33-25/h2-11,14-15H,12-13,16H2,1H3,(H,26,31)(H,27,29). The third-order valence-electron chi connectivity index (χ3n) is 5.22. The van der Waals surface area contributed by atoms with Crippen molar-refractivity contribution >= 4 is 38.2 Å². The van der Waals surface area contributed by atoms with Crippen molar-refractivity contribution in [3.05, 3.63) is 89.9 Å². The molecule has 0 aliphatic rings. The molecule has 0 spiro atoms. The molecule has 33 heavy (non-hydrogen) atoms. The summed E-state index contributed by atoms with van der Waals surface area (Å²) in [4.78, 5) is 21.9. The van der Waals surface area contributed by atoms with Crippen LogP contribution in [0.25, 0.3) is 15.9 Å². The Balaban J connectivity index is 1.17. The van der Waals surface area contributed by atoms with E-state index in [1.165, 1.54) is 0 Å². The summed E-state index contributed by atoms with van der Waals surface area (Å²) in [5.41, 5.74) is 4.28. The van der Waals surface area contributed by atoms with Gasteiger partial charge in [0.1, 0.15) is 18.0 Å². The number of anilines is 1. The number of nitrogens with one attached hydrogen (secondary N) is 2. The molecule has 0 atom stereocenters. The number of nitrogens with zero attached hydrogens (tertiary/aromatic N) is 3. The maximum atomic E-state index is 12.8. The lowest BCUT2D eigenvalue weighted by atomic mass is 10.2. The third-order valence-corrected chi connectivity index (χ3v) is 6.21. The highest BCUT2D eigenvalue weighted by molar-refractivity contribution is 7.22. The fraction of sp³-hybridized carbons (Fsp3) is 0.160. The Labute approximate surface area is 195 Å². The summed E-state index contributed by atoms with van der Waals surface area (Å²) in [5.74, 6) is 0.352. The lowest BCUT2D eigenvalue weighted by Gasteiger charge is -2.11. The zero-order valence-electron chi connectivity index (χ0n) is 18.1. The highest BCUT2D eigenvalue weighted by atomic mass is 32.1. The van der Waals surface area contributed by atoms with E-state index in [1.54, 1.807) is 23.5 Å². The fourth-order valence-electron chi connectivity index (χ4n) is 3.59. The van der Waals surface area contributed by atoms with Gasteiger partial charge in [-0.25, -0.2) is 9.97 Å². The van der Waals surface area contributed by atoms with Crippen LogP contribution < -0.4 is 15.4 Å². The zero-order chi connectivity index (χ0) is 22.6. The summed E-state index contributed by atoms with van der Waals surface area (Å²) in [6.45, 7) is 3.35. The predicted molar refractivity (Wildman–Crippen MR) is 131 cm³/mol. The molecule has 0 radical (unpaired) electrons. The number of para-hydroxylation sites is 2. The lowest BCUT2D eigenvalue weighted by molar-refractivity contribution is 0.0950. The number of carbonyl (C=O) groups excluding carboxylic acids is 1. The van der Waals surface area contributed by atoms with Crippen molar-refractivity contribution in [2.24, 2.45) is 0 Å². The molecule has 0 aliphatic heterocycles. The number of pyridine rings is 1. The first-order chi connectivity index (χ1) is 16.2. The summed E-state index contributed by atoms with van der Waals surface area (Å²) in [5, 5.41) is 7.06. The molecule has 2 N–H and O–H groups in total. The molecule has 3 aromatic heterocycles. The van der Waals surface area contributed by atoms with Gasteiger partial charge in [0.2, 0.25) is 0 Å². The molecule has 0 unspecified atom stereocenters. The minimum atomic E-state index is -0.178. The fourth-order valence-corrected chi connectivity index (χ4v) is 4.49. The van der Waals surface area contributed by atoms with Crippen molar-refractivity contribution in [1.29, 1.82) is 0 Å². The number of thiazole rings is 1. The first-order valence-electron chi connectivity index (χ1n) is 10.7. The van der Waals surface area contributed by atoms with E-state index in [1.807, 2.05) is 72.2 Å². The number of ether oxygens (including phenoxy) is 1. The number of imidazole rings is 1. The molecule has 3 heterocycles. The number of benzene rings is 2. The molecule has 7 nitrogen and oxygen atoms in total. The molecule has 166 valence electrons. The third kappa shape index (κ3) is 4.65. The smallest absolute Gasteiger partial charge is 0.255 e. The molecule has 0 saturated carbocycles. The summed E-state index contributed by atoms with van der Waals surface area (Å²) < 4.78 is 9.07. The number of carbonyl (C=O) groups is 1. The molecular weight excluding hydrogens is 434 g/mol. The van der Waals surface area contributed by atoms with Gasteiger partial charge in [-0.1, -0.05) is 41.7 Å². The monoisotopic (exact) mass is 457 g/mol. The van der Waals surface area contributed by atoms with E-state index in [9.17, 15) is 4.79 Å². The van der Waals surface area contributed by atoms with E-state index in [4.69, 9.17) is 4.74 Å². The van der Waals surface area contributed by atoms with Crippen molar-refractivity contribution in [2.45, 2.75) is 13.5 Å². The van der Waals surface area contributed by atoms with E-state index in [2.05, 4.69) is 20.6 Å². The summed E-state index contributed by atoms with van der Waals surface area (Å²) in [7, 11) is 0. The second-order valence-electron chi connectivity index (χ2n) is 7.61. The number of amides is 1. The Hall–Kier alpha value is -3.91. The van der Waals surface area contributed by atoms with Crippen molar-refractivity contribution in [3.63, 3.8) is 0 Å². The first kappa shape index (κ1) is 21.0. The Kier molecular flexibility index (Phi) is 5.91. The number of fused-ring (bicyclic) bond motifs is 2. The van der Waals surface area contributed by atoms with Gasteiger partial charge in [-0.05, 0) is 42.8 Å². The molecule has 2 aromatic carbocycles. The van der Waals surface area contributed by atoms with Crippen molar-refractivity contribution in [1.82, 2.24) is 19.7 Å². The summed E-state index contributed by atoms with van der Waals surface area (Å²) in [6, 6.07) is 19.3. The lowest BCUT2D eigenvalue weighted by Crippen LogP contribution is -2.29. The number of aryl methyl sites for hydroxylation is 1. The molecule has 0 saturated heterocycles. The normalized spacial score (nSPS) is 11.1. The maximum Gasteiger partial charge on any atom is 0.255 e. The maximum absolute atomic E-state index is 12.8. The van der Waals surface area contributed by atoms with E-state index in [-0.39, 0.29) is 12.5 Å². The average molecular weight is 458 g/mol. The van der Waals surface area contributed by atoms with Gasteiger partial charge >= 0.3 is 0 Å². The molecule has 5 aromatic rings. The van der Waals surface area contributed by atoms with Crippen molar-refractivity contribution in [2.75, 3.05) is 18.4 Å². The van der Waals surface area contributed by atoms with Gasteiger partial charge in [0.05, 0.1) is 21.5 Å². The van der Waals surface area contributed by atoms with Crippen LogP contribution in [0.2, 0.25) is 0 Å². The highest BCUT2D eigenvalue weighted by Crippen LogP contribution is 2.25. The average Bonchev–Trinajstić information content (AvgIpc) is 3.45. The van der Waals surface area contributed by atoms with Crippen LogP contribution in [0.1, 0.15) is 21.6 Å². The quantitative estimate of drug-likeness (QED) is 0.331. The van der Waals surface area contributed by atoms with Gasteiger partial charge in [-0.15, -0.1) is 0 Å². The minimum Gasteiger partial charge on any atom is -0.486 e. The van der Waals surface area contributed by atoms with E-state index in [0.29, 0.717) is 24.4 Å². The Bertz CT molecular complexity index is 1390. The van der Waals surface area contributed by atoms with E-state index < -0.39 is 0 Å². The van der Waals surface area contributed by atoms with Gasteiger partial charge in [-0.3, -0.25) is 4.79 Å². The number of aromatic nitrogens is 3. The first-order valence-corrected chi connectivity index (χ1v) is 11.5. The Morgan fingerprint density at radius 2 is 1.88 bits per heavy atom. The molecule has 0 aliphatic carbocycles. The van der Waals surface area contributed by atoms with Crippen LogP contribution in [0.5, 0.6) is 5.75 Å². The largest absolute Gasteiger partial charge is 0.486 e. The van der Waals surface area contributed by atoms with Crippen molar-refractivity contribution < 1.29 is 9.53 Å². The molecule has 0 fully saturated rings. The van der Waals surface area contributed by atoms with E-state index >= 15 is 0 Å². The molecule has 5 rings (SSSR count). The number of rotatable bonds is 8. The predicted octanol–water partition coefficient (Wildman–Crippen LogP) is 4.67. The number of hydrogen-bond donors (Lipinski definition) is 2. The van der Waals surface area contributed by atoms with Gasteiger partial charge < -0.3 is 19.8 Å². The minimum absolute atomic E-state index is 0.178. The zero-order valence-corrected chi connectivity index (χ0v) is 18.9.